The van der Waals surface area contributed by atoms with Gasteiger partial charge in [0.1, 0.15) is 0 Å². The minimum atomic E-state index is -0.0885. The molecular weight excluding hydrogens is 254 g/mol. The molecule has 1 aliphatic rings. The van der Waals surface area contributed by atoms with Crippen LogP contribution in [0.3, 0.4) is 0 Å². The van der Waals surface area contributed by atoms with Crippen molar-refractivity contribution in [3.63, 3.8) is 0 Å². The summed E-state index contributed by atoms with van der Waals surface area (Å²) < 4.78 is 10.8. The van der Waals surface area contributed by atoms with Crippen LogP contribution in [0.25, 0.3) is 0 Å². The molecule has 1 aliphatic heterocycles. The zero-order valence-corrected chi connectivity index (χ0v) is 11.1. The third-order valence-electron chi connectivity index (χ3n) is 3.40. The van der Waals surface area contributed by atoms with Gasteiger partial charge in [-0.15, -0.1) is 0 Å². The summed E-state index contributed by atoms with van der Waals surface area (Å²) in [7, 11) is 0. The van der Waals surface area contributed by atoms with E-state index in [0.717, 1.165) is 22.6 Å². The summed E-state index contributed by atoms with van der Waals surface area (Å²) in [5.74, 6) is 1.58. The van der Waals surface area contributed by atoms with E-state index in [2.05, 4.69) is 5.32 Å². The first-order valence-electron chi connectivity index (χ1n) is 6.65. The van der Waals surface area contributed by atoms with Gasteiger partial charge in [0, 0.05) is 12.1 Å². The van der Waals surface area contributed by atoms with Gasteiger partial charge in [0.2, 0.25) is 6.79 Å². The molecule has 0 aliphatic carbocycles. The van der Waals surface area contributed by atoms with Crippen LogP contribution in [0.1, 0.15) is 17.2 Å². The van der Waals surface area contributed by atoms with Crippen LogP contribution in [-0.2, 0) is 6.54 Å². The van der Waals surface area contributed by atoms with Crippen molar-refractivity contribution in [2.45, 2.75) is 12.6 Å². The van der Waals surface area contributed by atoms with Crippen molar-refractivity contribution in [1.82, 2.24) is 5.32 Å². The van der Waals surface area contributed by atoms with Crippen molar-refractivity contribution in [1.29, 1.82) is 0 Å². The number of para-hydroxylation sites is 1. The summed E-state index contributed by atoms with van der Waals surface area (Å²) in [6.07, 6.45) is 0. The van der Waals surface area contributed by atoms with Crippen LogP contribution in [0.5, 0.6) is 11.5 Å². The number of rotatable bonds is 5. The molecule has 0 saturated carbocycles. The Bertz CT molecular complexity index is 571. The molecule has 20 heavy (non-hydrogen) atoms. The Morgan fingerprint density at radius 3 is 2.70 bits per heavy atom. The molecule has 4 nitrogen and oxygen atoms in total. The molecule has 104 valence electrons. The minimum absolute atomic E-state index is 0.0520. The van der Waals surface area contributed by atoms with Crippen LogP contribution >= 0.6 is 0 Å². The lowest BCUT2D eigenvalue weighted by Gasteiger charge is -2.17. The Kier molecular flexibility index (Phi) is 3.85. The van der Waals surface area contributed by atoms with Gasteiger partial charge in [-0.2, -0.15) is 0 Å². The number of aliphatic hydroxyl groups excluding tert-OH is 1. The van der Waals surface area contributed by atoms with E-state index >= 15 is 0 Å². The number of hydrogen-bond acceptors (Lipinski definition) is 4. The van der Waals surface area contributed by atoms with Gasteiger partial charge < -0.3 is 19.9 Å². The fraction of sp³-hybridized carbons (Fsp3) is 0.250. The van der Waals surface area contributed by atoms with Crippen LogP contribution < -0.4 is 14.8 Å². The molecule has 2 aromatic rings. The summed E-state index contributed by atoms with van der Waals surface area (Å²) in [5, 5.41) is 12.9. The Hall–Kier alpha value is -2.04. The molecule has 1 heterocycles. The Morgan fingerprint density at radius 1 is 1.05 bits per heavy atom. The first kappa shape index (κ1) is 13.0. The van der Waals surface area contributed by atoms with Crippen molar-refractivity contribution >= 4 is 0 Å². The fourth-order valence-electron chi connectivity index (χ4n) is 2.34. The SMILES string of the molecule is OC[C@@H](NCc1cccc2c1OCO2)c1ccccc1. The highest BCUT2D eigenvalue weighted by molar-refractivity contribution is 5.48. The van der Waals surface area contributed by atoms with Crippen LogP contribution in [0.2, 0.25) is 0 Å². The zero-order valence-electron chi connectivity index (χ0n) is 11.1. The van der Waals surface area contributed by atoms with Gasteiger partial charge in [-0.1, -0.05) is 42.5 Å². The lowest BCUT2D eigenvalue weighted by atomic mass is 10.1. The Labute approximate surface area is 118 Å². The maximum absolute atomic E-state index is 9.53. The molecular formula is C16H17NO3. The van der Waals surface area contributed by atoms with Gasteiger partial charge in [0.25, 0.3) is 0 Å². The quantitative estimate of drug-likeness (QED) is 0.875. The smallest absolute Gasteiger partial charge is 0.231 e. The fourth-order valence-corrected chi connectivity index (χ4v) is 2.34. The second kappa shape index (κ2) is 5.94. The molecule has 0 amide bonds. The average Bonchev–Trinajstić information content (AvgIpc) is 2.98. The second-order valence-corrected chi connectivity index (χ2v) is 4.68. The molecule has 2 aromatic carbocycles. The molecule has 0 saturated heterocycles. The third-order valence-corrected chi connectivity index (χ3v) is 3.40. The van der Waals surface area contributed by atoms with E-state index in [1.807, 2.05) is 48.5 Å². The topological polar surface area (TPSA) is 50.7 Å². The molecule has 0 bridgehead atoms. The Balaban J connectivity index is 1.71. The number of benzene rings is 2. The van der Waals surface area contributed by atoms with Gasteiger partial charge in [-0.3, -0.25) is 0 Å². The molecule has 0 radical (unpaired) electrons. The zero-order chi connectivity index (χ0) is 13.8. The predicted molar refractivity (Wildman–Crippen MR) is 75.7 cm³/mol. The molecule has 0 aromatic heterocycles. The van der Waals surface area contributed by atoms with Crippen molar-refractivity contribution in [3.05, 3.63) is 59.7 Å². The predicted octanol–water partition coefficient (Wildman–Crippen LogP) is 2.24. The molecule has 0 fully saturated rings. The van der Waals surface area contributed by atoms with Crippen molar-refractivity contribution in [3.8, 4) is 11.5 Å². The monoisotopic (exact) mass is 271 g/mol. The number of aliphatic hydroxyl groups is 1. The van der Waals surface area contributed by atoms with E-state index in [1.54, 1.807) is 0 Å². The van der Waals surface area contributed by atoms with Crippen molar-refractivity contribution in [2.24, 2.45) is 0 Å². The van der Waals surface area contributed by atoms with Crippen LogP contribution in [0.4, 0.5) is 0 Å². The van der Waals surface area contributed by atoms with Crippen LogP contribution in [-0.4, -0.2) is 18.5 Å². The number of hydrogen-bond donors (Lipinski definition) is 2. The van der Waals surface area contributed by atoms with Crippen LogP contribution in [0, 0.1) is 0 Å². The minimum Gasteiger partial charge on any atom is -0.454 e. The van der Waals surface area contributed by atoms with E-state index in [4.69, 9.17) is 9.47 Å². The first-order valence-corrected chi connectivity index (χ1v) is 6.65. The lowest BCUT2D eigenvalue weighted by molar-refractivity contribution is 0.173. The van der Waals surface area contributed by atoms with E-state index in [1.165, 1.54) is 0 Å². The van der Waals surface area contributed by atoms with Gasteiger partial charge in [0.05, 0.1) is 12.6 Å². The second-order valence-electron chi connectivity index (χ2n) is 4.68. The van der Waals surface area contributed by atoms with E-state index in [-0.39, 0.29) is 19.4 Å². The van der Waals surface area contributed by atoms with Gasteiger partial charge in [-0.05, 0) is 11.6 Å². The number of ether oxygens (including phenoxy) is 2. The maximum Gasteiger partial charge on any atom is 0.231 e. The van der Waals surface area contributed by atoms with Gasteiger partial charge in [0.15, 0.2) is 11.5 Å². The summed E-state index contributed by atoms with van der Waals surface area (Å²) in [6.45, 7) is 0.942. The largest absolute Gasteiger partial charge is 0.454 e. The molecule has 0 spiro atoms. The number of fused-ring (bicyclic) bond motifs is 1. The highest BCUT2D eigenvalue weighted by atomic mass is 16.7. The highest BCUT2D eigenvalue weighted by Gasteiger charge is 2.18. The van der Waals surface area contributed by atoms with E-state index in [0.29, 0.717) is 6.54 Å². The lowest BCUT2D eigenvalue weighted by Crippen LogP contribution is -2.24. The third kappa shape index (κ3) is 2.61. The molecule has 2 N–H and O–H groups in total. The summed E-state index contributed by atoms with van der Waals surface area (Å²) >= 11 is 0. The van der Waals surface area contributed by atoms with Crippen molar-refractivity contribution in [2.75, 3.05) is 13.4 Å². The summed E-state index contributed by atoms with van der Waals surface area (Å²) in [4.78, 5) is 0. The highest BCUT2D eigenvalue weighted by Crippen LogP contribution is 2.35. The van der Waals surface area contributed by atoms with Gasteiger partial charge in [-0.25, -0.2) is 0 Å². The summed E-state index contributed by atoms with van der Waals surface area (Å²) in [5.41, 5.74) is 2.11. The van der Waals surface area contributed by atoms with Crippen LogP contribution in [0.15, 0.2) is 48.5 Å². The molecule has 1 atom stereocenters. The summed E-state index contributed by atoms with van der Waals surface area (Å²) in [6, 6.07) is 15.7. The first-order chi connectivity index (χ1) is 9.88. The molecule has 0 unspecified atom stereocenters. The standard InChI is InChI=1S/C16H17NO3/c18-10-14(12-5-2-1-3-6-12)17-9-13-7-4-8-15-16(13)20-11-19-15/h1-8,14,17-18H,9-11H2/t14-/m1/s1. The van der Waals surface area contributed by atoms with E-state index < -0.39 is 0 Å². The Morgan fingerprint density at radius 2 is 1.90 bits per heavy atom. The van der Waals surface area contributed by atoms with Crippen molar-refractivity contribution < 1.29 is 14.6 Å². The van der Waals surface area contributed by atoms with Gasteiger partial charge >= 0.3 is 0 Å². The maximum atomic E-state index is 9.53. The molecule has 3 rings (SSSR count). The number of nitrogens with one attached hydrogen (secondary N) is 1. The van der Waals surface area contributed by atoms with E-state index in [9.17, 15) is 5.11 Å². The normalized spacial score (nSPS) is 14.2. The molecule has 4 heteroatoms. The average molecular weight is 271 g/mol.